The number of carbonyl (C=O) groups excluding carboxylic acids is 1. The van der Waals surface area contributed by atoms with E-state index in [1.165, 1.54) is 18.5 Å². The average Bonchev–Trinajstić information content (AvgIpc) is 3.34. The lowest BCUT2D eigenvalue weighted by Gasteiger charge is -2.32. The maximum Gasteiger partial charge on any atom is 0.321 e. The Morgan fingerprint density at radius 2 is 1.71 bits per heavy atom. The summed E-state index contributed by atoms with van der Waals surface area (Å²) in [6.45, 7) is 3.60. The zero-order chi connectivity index (χ0) is 21.2. The number of amides is 2. The van der Waals surface area contributed by atoms with Crippen molar-refractivity contribution in [1.82, 2.24) is 14.9 Å². The van der Waals surface area contributed by atoms with Gasteiger partial charge in [0.1, 0.15) is 12.1 Å². The van der Waals surface area contributed by atoms with Gasteiger partial charge in [-0.15, -0.1) is 0 Å². The second-order valence-electron chi connectivity index (χ2n) is 8.39. The van der Waals surface area contributed by atoms with Gasteiger partial charge in [-0.25, -0.2) is 14.8 Å². The molecule has 0 spiro atoms. The van der Waals surface area contributed by atoms with E-state index in [4.69, 9.17) is 0 Å². The monoisotopic (exact) mass is 417 g/mol. The molecule has 2 amide bonds. The lowest BCUT2D eigenvalue weighted by molar-refractivity contribution is 0.194. The summed E-state index contributed by atoms with van der Waals surface area (Å²) < 4.78 is 0. The van der Waals surface area contributed by atoms with E-state index in [1.807, 2.05) is 23.1 Å². The molecule has 2 aliphatic heterocycles. The van der Waals surface area contributed by atoms with Crippen LogP contribution in [0.1, 0.15) is 37.3 Å². The molecule has 31 heavy (non-hydrogen) atoms. The van der Waals surface area contributed by atoms with Crippen molar-refractivity contribution in [2.75, 3.05) is 36.4 Å². The van der Waals surface area contributed by atoms with Gasteiger partial charge in [0.2, 0.25) is 0 Å². The van der Waals surface area contributed by atoms with Crippen molar-refractivity contribution in [3.05, 3.63) is 54.5 Å². The van der Waals surface area contributed by atoms with Gasteiger partial charge in [-0.1, -0.05) is 0 Å². The highest BCUT2D eigenvalue weighted by Gasteiger charge is 2.26. The molecule has 7 heteroatoms. The van der Waals surface area contributed by atoms with E-state index in [0.717, 1.165) is 48.2 Å². The molecular weight excluding hydrogens is 390 g/mol. The summed E-state index contributed by atoms with van der Waals surface area (Å²) in [4.78, 5) is 25.8. The van der Waals surface area contributed by atoms with E-state index in [1.54, 1.807) is 18.5 Å². The maximum absolute atomic E-state index is 12.8. The molecule has 2 fully saturated rings. The van der Waals surface area contributed by atoms with E-state index >= 15 is 0 Å². The number of hydrogen-bond donors (Lipinski definition) is 2. The number of carbonyl (C=O) groups is 1. The van der Waals surface area contributed by atoms with Crippen molar-refractivity contribution in [3.63, 3.8) is 0 Å². The van der Waals surface area contributed by atoms with Crippen LogP contribution >= 0.6 is 0 Å². The molecule has 2 aliphatic rings. The predicted octanol–water partition coefficient (Wildman–Crippen LogP) is 4.35. The minimum Gasteiger partial charge on any atom is -0.508 e. The van der Waals surface area contributed by atoms with Gasteiger partial charge in [0.05, 0.1) is 11.2 Å². The number of anilines is 2. The fourth-order valence-electron chi connectivity index (χ4n) is 4.68. The number of aromatic hydroxyl groups is 1. The number of piperidine rings is 1. The quantitative estimate of drug-likeness (QED) is 0.662. The smallest absolute Gasteiger partial charge is 0.321 e. The van der Waals surface area contributed by atoms with Crippen LogP contribution in [0.15, 0.2) is 48.8 Å². The molecule has 0 unspecified atom stereocenters. The van der Waals surface area contributed by atoms with Crippen molar-refractivity contribution in [2.45, 2.75) is 31.6 Å². The predicted molar refractivity (Wildman–Crippen MR) is 122 cm³/mol. The van der Waals surface area contributed by atoms with Crippen molar-refractivity contribution >= 4 is 28.3 Å². The summed E-state index contributed by atoms with van der Waals surface area (Å²) in [5, 5.41) is 13.7. The first-order valence-electron chi connectivity index (χ1n) is 11.0. The highest BCUT2D eigenvalue weighted by Crippen LogP contribution is 2.32. The summed E-state index contributed by atoms with van der Waals surface area (Å²) in [7, 11) is 0. The van der Waals surface area contributed by atoms with Gasteiger partial charge in [0.25, 0.3) is 0 Å². The topological polar surface area (TPSA) is 81.6 Å². The number of phenols is 1. The summed E-state index contributed by atoms with van der Waals surface area (Å²) in [5.74, 6) is 0.482. The molecule has 0 bridgehead atoms. The number of nitrogens with zero attached hydrogens (tertiary/aromatic N) is 4. The fourth-order valence-corrected chi connectivity index (χ4v) is 4.68. The molecule has 5 rings (SSSR count). The Bertz CT molecular complexity index is 1070. The van der Waals surface area contributed by atoms with E-state index in [-0.39, 0.29) is 17.7 Å². The third-order valence-corrected chi connectivity index (χ3v) is 6.41. The van der Waals surface area contributed by atoms with Crippen LogP contribution in [0, 0.1) is 0 Å². The molecule has 0 atom stereocenters. The van der Waals surface area contributed by atoms with Crippen LogP contribution in [0.3, 0.4) is 0 Å². The molecule has 2 saturated heterocycles. The van der Waals surface area contributed by atoms with Crippen LogP contribution in [0.4, 0.5) is 16.2 Å². The number of hydrogen-bond acceptors (Lipinski definition) is 5. The first-order chi connectivity index (χ1) is 15.2. The molecule has 0 radical (unpaired) electrons. The number of aromatic nitrogens is 2. The number of rotatable bonds is 3. The minimum absolute atomic E-state index is 0.0511. The van der Waals surface area contributed by atoms with Gasteiger partial charge >= 0.3 is 6.03 Å². The highest BCUT2D eigenvalue weighted by atomic mass is 16.3. The summed E-state index contributed by atoms with van der Waals surface area (Å²) >= 11 is 0. The lowest BCUT2D eigenvalue weighted by atomic mass is 9.91. The Hall–Kier alpha value is -3.35. The lowest BCUT2D eigenvalue weighted by Crippen LogP contribution is -2.40. The van der Waals surface area contributed by atoms with Gasteiger partial charge in [-0.05, 0) is 62.1 Å². The first kappa shape index (κ1) is 19.6. The summed E-state index contributed by atoms with van der Waals surface area (Å²) in [6, 6.07) is 13.3. The highest BCUT2D eigenvalue weighted by molar-refractivity contribution is 5.89. The second kappa shape index (κ2) is 8.41. The Morgan fingerprint density at radius 1 is 0.968 bits per heavy atom. The van der Waals surface area contributed by atoms with Gasteiger partial charge in [-0.2, -0.15) is 0 Å². The van der Waals surface area contributed by atoms with Gasteiger partial charge in [0.15, 0.2) is 0 Å². The number of likely N-dealkylation sites (tertiary alicyclic amines) is 1. The van der Waals surface area contributed by atoms with Crippen LogP contribution in [-0.4, -0.2) is 52.2 Å². The molecule has 0 aliphatic carbocycles. The van der Waals surface area contributed by atoms with E-state index in [0.29, 0.717) is 13.1 Å². The van der Waals surface area contributed by atoms with Gasteiger partial charge in [-0.3, -0.25) is 0 Å². The Morgan fingerprint density at radius 3 is 2.45 bits per heavy atom. The zero-order valence-corrected chi connectivity index (χ0v) is 17.5. The third-order valence-electron chi connectivity index (χ3n) is 6.41. The first-order valence-corrected chi connectivity index (χ1v) is 11.0. The van der Waals surface area contributed by atoms with Crippen LogP contribution in [0.2, 0.25) is 0 Å². The number of fused-ring (bicyclic) bond motifs is 1. The van der Waals surface area contributed by atoms with Crippen molar-refractivity contribution in [2.24, 2.45) is 0 Å². The number of phenolic OH excluding ortho intramolecular Hbond substituents is 1. The number of nitrogens with one attached hydrogen (secondary N) is 1. The largest absolute Gasteiger partial charge is 0.508 e. The second-order valence-corrected chi connectivity index (χ2v) is 8.39. The number of urea groups is 1. The van der Waals surface area contributed by atoms with Crippen LogP contribution in [-0.2, 0) is 0 Å². The van der Waals surface area contributed by atoms with E-state index in [2.05, 4.69) is 32.3 Å². The molecule has 7 nitrogen and oxygen atoms in total. The Balaban J connectivity index is 1.20. The summed E-state index contributed by atoms with van der Waals surface area (Å²) in [6.07, 6.45) is 5.77. The van der Waals surface area contributed by atoms with E-state index < -0.39 is 0 Å². The maximum atomic E-state index is 12.8. The molecular formula is C24H27N5O2. The molecule has 2 aromatic carbocycles. The fraction of sp³-hybridized carbons (Fsp3) is 0.375. The minimum atomic E-state index is -0.0511. The third kappa shape index (κ3) is 4.13. The van der Waals surface area contributed by atoms with Crippen LogP contribution in [0.5, 0.6) is 5.75 Å². The molecule has 160 valence electrons. The summed E-state index contributed by atoms with van der Waals surface area (Å²) in [5.41, 5.74) is 3.81. The SMILES string of the molecule is O=C(Nc1ccc(N2CCCC2)cc1)N1CCC(c2ncnc3cc(O)ccc23)CC1. The van der Waals surface area contributed by atoms with Crippen LogP contribution < -0.4 is 10.2 Å². The Kier molecular flexibility index (Phi) is 5.32. The molecule has 1 aromatic heterocycles. The molecule has 2 N–H and O–H groups in total. The normalized spacial score (nSPS) is 17.3. The average molecular weight is 418 g/mol. The standard InChI is InChI=1S/C24H27N5O2/c30-20-7-8-21-22(15-20)25-16-26-23(21)17-9-13-29(14-10-17)24(31)27-18-3-5-19(6-4-18)28-11-1-2-12-28/h3-8,15-17,30H,1-2,9-14H2,(H,27,31). The van der Waals surface area contributed by atoms with Crippen molar-refractivity contribution < 1.29 is 9.90 Å². The molecule has 3 heterocycles. The van der Waals surface area contributed by atoms with Crippen LogP contribution in [0.25, 0.3) is 10.9 Å². The van der Waals surface area contributed by atoms with Gasteiger partial charge in [0, 0.05) is 54.9 Å². The van der Waals surface area contributed by atoms with E-state index in [9.17, 15) is 9.90 Å². The van der Waals surface area contributed by atoms with Crippen molar-refractivity contribution in [1.29, 1.82) is 0 Å². The van der Waals surface area contributed by atoms with Crippen molar-refractivity contribution in [3.8, 4) is 5.75 Å². The molecule has 0 saturated carbocycles. The molecule has 3 aromatic rings. The Labute approximate surface area is 181 Å². The zero-order valence-electron chi connectivity index (χ0n) is 17.5. The van der Waals surface area contributed by atoms with Gasteiger partial charge < -0.3 is 20.2 Å². The number of benzene rings is 2.